The van der Waals surface area contributed by atoms with Crippen molar-refractivity contribution < 1.29 is 4.74 Å². The molecule has 0 radical (unpaired) electrons. The topological polar surface area (TPSA) is 62.7 Å². The lowest BCUT2D eigenvalue weighted by molar-refractivity contribution is 0.371. The van der Waals surface area contributed by atoms with Gasteiger partial charge >= 0.3 is 0 Å². The third kappa shape index (κ3) is 5.71. The predicted octanol–water partition coefficient (Wildman–Crippen LogP) is 3.99. The molecule has 0 aliphatic heterocycles. The van der Waals surface area contributed by atoms with Crippen molar-refractivity contribution in [2.75, 3.05) is 7.11 Å². The molecule has 0 N–H and O–H groups in total. The average Bonchev–Trinajstić information content (AvgIpc) is 3.15. The molecule has 0 aliphatic rings. The molecule has 0 bridgehead atoms. The average molecular weight is 403 g/mol. The van der Waals surface area contributed by atoms with E-state index in [2.05, 4.69) is 49.9 Å². The van der Waals surface area contributed by atoms with Crippen molar-refractivity contribution in [3.8, 4) is 5.88 Å². The van der Waals surface area contributed by atoms with Crippen LogP contribution in [-0.4, -0.2) is 36.5 Å². The standard InChI is InChI=1S/C8H14N2.C7H12N2O.C7H12N2/c1-5-8-6(2)7(3)9-10(8)4;1-5-6(2)8-9(3)7(5)10-4;1-5-6(2)8-9(4)7(5)3/h5H2,1-4H3;1-4H3;1-4H3. The normalized spacial score (nSPS) is 10.2. The van der Waals surface area contributed by atoms with Gasteiger partial charge < -0.3 is 4.74 Å². The van der Waals surface area contributed by atoms with Crippen LogP contribution in [0.25, 0.3) is 0 Å². The van der Waals surface area contributed by atoms with Crippen molar-refractivity contribution in [2.45, 2.75) is 61.8 Å². The lowest BCUT2D eigenvalue weighted by Crippen LogP contribution is -1.96. The number of nitrogens with zero attached hydrogens (tertiary/aromatic N) is 6. The smallest absolute Gasteiger partial charge is 0.214 e. The molecule has 29 heavy (non-hydrogen) atoms. The van der Waals surface area contributed by atoms with E-state index in [1.165, 1.54) is 22.5 Å². The Labute approximate surface area is 175 Å². The fraction of sp³-hybridized carbons (Fsp3) is 0.591. The van der Waals surface area contributed by atoms with E-state index in [1.807, 2.05) is 51.3 Å². The largest absolute Gasteiger partial charge is 0.481 e. The summed E-state index contributed by atoms with van der Waals surface area (Å²) in [6, 6.07) is 0. The second-order valence-electron chi connectivity index (χ2n) is 7.40. The minimum absolute atomic E-state index is 0.845. The summed E-state index contributed by atoms with van der Waals surface area (Å²) in [6.07, 6.45) is 1.07. The van der Waals surface area contributed by atoms with E-state index in [-0.39, 0.29) is 0 Å². The van der Waals surface area contributed by atoms with Crippen LogP contribution in [0.2, 0.25) is 0 Å². The summed E-state index contributed by atoms with van der Waals surface area (Å²) < 4.78 is 10.7. The van der Waals surface area contributed by atoms with E-state index >= 15 is 0 Å². The Bertz CT molecular complexity index is 871. The van der Waals surface area contributed by atoms with E-state index < -0.39 is 0 Å². The summed E-state index contributed by atoms with van der Waals surface area (Å²) in [7, 11) is 7.50. The molecule has 7 heteroatoms. The first kappa shape index (κ1) is 24.5. The quantitative estimate of drug-likeness (QED) is 0.650. The lowest BCUT2D eigenvalue weighted by atomic mass is 10.2. The third-order valence-corrected chi connectivity index (χ3v) is 5.52. The van der Waals surface area contributed by atoms with Gasteiger partial charge in [-0.15, -0.1) is 0 Å². The molecule has 7 nitrogen and oxygen atoms in total. The van der Waals surface area contributed by atoms with Crippen LogP contribution < -0.4 is 4.74 Å². The summed E-state index contributed by atoms with van der Waals surface area (Å²) in [4.78, 5) is 0. The fourth-order valence-electron chi connectivity index (χ4n) is 3.21. The first-order valence-electron chi connectivity index (χ1n) is 9.96. The molecule has 3 aromatic rings. The molecule has 162 valence electrons. The predicted molar refractivity (Wildman–Crippen MR) is 119 cm³/mol. The zero-order valence-electron chi connectivity index (χ0n) is 20.3. The second-order valence-corrected chi connectivity index (χ2v) is 7.40. The summed E-state index contributed by atoms with van der Waals surface area (Å²) in [6.45, 7) is 16.5. The Morgan fingerprint density at radius 2 is 1.10 bits per heavy atom. The van der Waals surface area contributed by atoms with E-state index in [4.69, 9.17) is 4.74 Å². The second kappa shape index (κ2) is 10.3. The monoisotopic (exact) mass is 402 g/mol. The van der Waals surface area contributed by atoms with Crippen LogP contribution in [0.15, 0.2) is 0 Å². The molecular formula is C22H38N6O. The summed E-state index contributed by atoms with van der Waals surface area (Å²) in [5.74, 6) is 0.845. The van der Waals surface area contributed by atoms with E-state index in [9.17, 15) is 0 Å². The SMILES string of the molecule is CCc1c(C)c(C)nn1C.COc1c(C)c(C)nn1C.Cc1nn(C)c(C)c1C. The van der Waals surface area contributed by atoms with E-state index in [0.29, 0.717) is 0 Å². The first-order chi connectivity index (χ1) is 13.5. The van der Waals surface area contributed by atoms with Gasteiger partial charge in [-0.2, -0.15) is 15.3 Å². The Morgan fingerprint density at radius 1 is 0.655 bits per heavy atom. The maximum absolute atomic E-state index is 5.10. The van der Waals surface area contributed by atoms with Crippen molar-refractivity contribution >= 4 is 0 Å². The van der Waals surface area contributed by atoms with E-state index in [1.54, 1.807) is 11.8 Å². The van der Waals surface area contributed by atoms with Crippen LogP contribution in [-0.2, 0) is 27.6 Å². The number of aromatic nitrogens is 6. The van der Waals surface area contributed by atoms with Crippen LogP contribution in [0.1, 0.15) is 52.1 Å². The highest BCUT2D eigenvalue weighted by atomic mass is 16.5. The van der Waals surface area contributed by atoms with Gasteiger partial charge in [-0.05, 0) is 66.0 Å². The zero-order valence-corrected chi connectivity index (χ0v) is 20.3. The van der Waals surface area contributed by atoms with E-state index in [0.717, 1.165) is 34.9 Å². The minimum atomic E-state index is 0.845. The molecule has 3 rings (SSSR count). The van der Waals surface area contributed by atoms with Crippen molar-refractivity contribution in [1.82, 2.24) is 29.3 Å². The lowest BCUT2D eigenvalue weighted by Gasteiger charge is -1.98. The highest BCUT2D eigenvalue weighted by molar-refractivity contribution is 5.28. The molecule has 0 aromatic carbocycles. The van der Waals surface area contributed by atoms with Gasteiger partial charge in [0.15, 0.2) is 0 Å². The first-order valence-corrected chi connectivity index (χ1v) is 9.96. The minimum Gasteiger partial charge on any atom is -0.481 e. The molecule has 0 aliphatic carbocycles. The Kier molecular flexibility index (Phi) is 8.67. The van der Waals surface area contributed by atoms with Crippen LogP contribution in [0, 0.1) is 48.5 Å². The molecule has 0 spiro atoms. The van der Waals surface area contributed by atoms with Crippen LogP contribution in [0.4, 0.5) is 0 Å². The highest BCUT2D eigenvalue weighted by Crippen LogP contribution is 2.18. The van der Waals surface area contributed by atoms with Crippen molar-refractivity contribution in [3.63, 3.8) is 0 Å². The molecule has 0 fully saturated rings. The van der Waals surface area contributed by atoms with Crippen LogP contribution >= 0.6 is 0 Å². The summed E-state index contributed by atoms with van der Waals surface area (Å²) in [5.41, 5.74) is 9.67. The van der Waals surface area contributed by atoms with Crippen molar-refractivity contribution in [2.24, 2.45) is 21.1 Å². The molecule has 3 aromatic heterocycles. The summed E-state index contributed by atoms with van der Waals surface area (Å²) >= 11 is 0. The number of hydrogen-bond donors (Lipinski definition) is 0. The van der Waals surface area contributed by atoms with Gasteiger partial charge in [-0.1, -0.05) is 6.92 Å². The van der Waals surface area contributed by atoms with Gasteiger partial charge in [-0.3, -0.25) is 9.36 Å². The molecule has 0 atom stereocenters. The van der Waals surface area contributed by atoms with Gasteiger partial charge in [0.1, 0.15) is 0 Å². The van der Waals surface area contributed by atoms with Crippen molar-refractivity contribution in [3.05, 3.63) is 45.2 Å². The number of hydrogen-bond acceptors (Lipinski definition) is 4. The van der Waals surface area contributed by atoms with Crippen molar-refractivity contribution in [1.29, 1.82) is 0 Å². The maximum Gasteiger partial charge on any atom is 0.214 e. The Hall–Kier alpha value is -2.57. The maximum atomic E-state index is 5.10. The fourth-order valence-corrected chi connectivity index (χ4v) is 3.21. The molecule has 0 saturated heterocycles. The Morgan fingerprint density at radius 3 is 1.28 bits per heavy atom. The summed E-state index contributed by atoms with van der Waals surface area (Å²) in [5, 5.41) is 12.7. The molecule has 3 heterocycles. The zero-order chi connectivity index (χ0) is 22.5. The van der Waals surface area contributed by atoms with Gasteiger partial charge in [-0.25, -0.2) is 4.68 Å². The van der Waals surface area contributed by atoms with Gasteiger partial charge in [0.25, 0.3) is 0 Å². The Balaban J connectivity index is 0.000000218. The van der Waals surface area contributed by atoms with Crippen LogP contribution in [0.3, 0.4) is 0 Å². The number of rotatable bonds is 2. The van der Waals surface area contributed by atoms with Crippen LogP contribution in [0.5, 0.6) is 5.88 Å². The number of methoxy groups -OCH3 is 1. The molecule has 0 amide bonds. The third-order valence-electron chi connectivity index (χ3n) is 5.52. The number of aryl methyl sites for hydroxylation is 6. The van der Waals surface area contributed by atoms with Gasteiger partial charge in [0.05, 0.1) is 24.2 Å². The molecular weight excluding hydrogens is 364 g/mol. The highest BCUT2D eigenvalue weighted by Gasteiger charge is 2.07. The molecule has 0 saturated carbocycles. The van der Waals surface area contributed by atoms with Gasteiger partial charge in [0, 0.05) is 38.1 Å². The molecule has 0 unspecified atom stereocenters. The number of ether oxygens (including phenoxy) is 1. The van der Waals surface area contributed by atoms with Gasteiger partial charge in [0.2, 0.25) is 5.88 Å².